The molecule has 0 aliphatic rings. The number of hydrogen-bond acceptors (Lipinski definition) is 3. The standard InChI is InChI=1S/C48H33N3/c1-32-13-12-22-46(50-32)45-24-23-36(31-49-45)37-25-38(27-40(26-37)44-28-35-18-8-9-19-41(35)42-20-10-11-21-43(42)44)39-29-47(33-14-4-2-5-15-33)51-48(30-39)34-16-6-3-7-17-34/h2-31H,1H3. The fourth-order valence-electron chi connectivity index (χ4n) is 7.02. The lowest BCUT2D eigenvalue weighted by Gasteiger charge is -2.16. The van der Waals surface area contributed by atoms with Gasteiger partial charge in [-0.3, -0.25) is 9.97 Å². The average molecular weight is 652 g/mol. The largest absolute Gasteiger partial charge is 0.254 e. The summed E-state index contributed by atoms with van der Waals surface area (Å²) in [6, 6.07) is 62.2. The lowest BCUT2D eigenvalue weighted by atomic mass is 9.89. The molecule has 0 unspecified atom stereocenters. The number of rotatable bonds is 6. The minimum absolute atomic E-state index is 0.855. The van der Waals surface area contributed by atoms with Crippen molar-refractivity contribution in [3.63, 3.8) is 0 Å². The molecule has 0 aliphatic carbocycles. The van der Waals surface area contributed by atoms with E-state index in [2.05, 4.69) is 146 Å². The molecule has 0 radical (unpaired) electrons. The normalized spacial score (nSPS) is 11.2. The minimum Gasteiger partial charge on any atom is -0.254 e. The van der Waals surface area contributed by atoms with Crippen LogP contribution in [0.15, 0.2) is 182 Å². The molecule has 9 rings (SSSR count). The van der Waals surface area contributed by atoms with Crippen LogP contribution in [-0.4, -0.2) is 15.0 Å². The molecule has 0 spiro atoms. The predicted molar refractivity (Wildman–Crippen MR) is 212 cm³/mol. The second-order valence-electron chi connectivity index (χ2n) is 12.9. The van der Waals surface area contributed by atoms with Gasteiger partial charge in [0.1, 0.15) is 0 Å². The molecule has 3 heteroatoms. The molecule has 0 N–H and O–H groups in total. The van der Waals surface area contributed by atoms with E-state index in [1.54, 1.807) is 0 Å². The van der Waals surface area contributed by atoms with Crippen molar-refractivity contribution < 1.29 is 0 Å². The first kappa shape index (κ1) is 30.4. The van der Waals surface area contributed by atoms with E-state index in [1.807, 2.05) is 43.5 Å². The fraction of sp³-hybridized carbons (Fsp3) is 0.0208. The summed E-state index contributed by atoms with van der Waals surface area (Å²) in [5, 5.41) is 4.95. The maximum Gasteiger partial charge on any atom is 0.0889 e. The van der Waals surface area contributed by atoms with Crippen LogP contribution in [0.4, 0.5) is 0 Å². The van der Waals surface area contributed by atoms with Crippen LogP contribution in [0.5, 0.6) is 0 Å². The van der Waals surface area contributed by atoms with Gasteiger partial charge in [0.2, 0.25) is 0 Å². The van der Waals surface area contributed by atoms with Crippen molar-refractivity contribution in [2.75, 3.05) is 0 Å². The molecule has 6 aromatic carbocycles. The van der Waals surface area contributed by atoms with Gasteiger partial charge in [-0.1, -0.05) is 121 Å². The smallest absolute Gasteiger partial charge is 0.0889 e. The third-order valence-electron chi connectivity index (χ3n) is 9.56. The van der Waals surface area contributed by atoms with Gasteiger partial charge in [0, 0.05) is 28.6 Å². The Morgan fingerprint density at radius 1 is 0.333 bits per heavy atom. The highest BCUT2D eigenvalue weighted by molar-refractivity contribution is 6.14. The molecule has 0 saturated heterocycles. The van der Waals surface area contributed by atoms with E-state index in [9.17, 15) is 0 Å². The van der Waals surface area contributed by atoms with Crippen molar-refractivity contribution in [2.24, 2.45) is 0 Å². The highest BCUT2D eigenvalue weighted by Crippen LogP contribution is 2.40. The number of pyridine rings is 3. The van der Waals surface area contributed by atoms with Crippen LogP contribution < -0.4 is 0 Å². The Labute approximate surface area is 297 Å². The predicted octanol–water partition coefficient (Wildman–Crippen LogP) is 12.5. The summed E-state index contributed by atoms with van der Waals surface area (Å²) in [5.41, 5.74) is 13.4. The number of fused-ring (bicyclic) bond motifs is 3. The van der Waals surface area contributed by atoms with Crippen LogP contribution in [-0.2, 0) is 0 Å². The Balaban J connectivity index is 1.28. The van der Waals surface area contributed by atoms with Crippen LogP contribution in [0.1, 0.15) is 5.69 Å². The third-order valence-corrected chi connectivity index (χ3v) is 9.56. The Morgan fingerprint density at radius 2 is 0.922 bits per heavy atom. The summed E-state index contributed by atoms with van der Waals surface area (Å²) in [6.07, 6.45) is 1.97. The van der Waals surface area contributed by atoms with Gasteiger partial charge in [0.15, 0.2) is 0 Å². The van der Waals surface area contributed by atoms with Gasteiger partial charge in [-0.2, -0.15) is 0 Å². The molecule has 9 aromatic rings. The van der Waals surface area contributed by atoms with Crippen LogP contribution in [0.2, 0.25) is 0 Å². The fourth-order valence-corrected chi connectivity index (χ4v) is 7.02. The maximum absolute atomic E-state index is 5.16. The van der Waals surface area contributed by atoms with Crippen molar-refractivity contribution in [1.29, 1.82) is 0 Å². The van der Waals surface area contributed by atoms with Crippen LogP contribution in [0, 0.1) is 6.92 Å². The molecule has 0 amide bonds. The van der Waals surface area contributed by atoms with Crippen LogP contribution in [0.3, 0.4) is 0 Å². The second kappa shape index (κ2) is 13.0. The summed E-state index contributed by atoms with van der Waals surface area (Å²) in [5.74, 6) is 0. The highest BCUT2D eigenvalue weighted by atomic mass is 14.8. The summed E-state index contributed by atoms with van der Waals surface area (Å²) in [4.78, 5) is 14.8. The van der Waals surface area contributed by atoms with Crippen LogP contribution in [0.25, 0.3) is 88.8 Å². The van der Waals surface area contributed by atoms with Gasteiger partial charge in [-0.15, -0.1) is 0 Å². The van der Waals surface area contributed by atoms with Gasteiger partial charge in [-0.05, 0) is 111 Å². The van der Waals surface area contributed by atoms with E-state index < -0.39 is 0 Å². The zero-order valence-corrected chi connectivity index (χ0v) is 28.2. The average Bonchev–Trinajstić information content (AvgIpc) is 3.21. The first-order valence-corrected chi connectivity index (χ1v) is 17.3. The molecular formula is C48H33N3. The van der Waals surface area contributed by atoms with Gasteiger partial charge >= 0.3 is 0 Å². The second-order valence-corrected chi connectivity index (χ2v) is 12.9. The Morgan fingerprint density at radius 3 is 1.59 bits per heavy atom. The monoisotopic (exact) mass is 651 g/mol. The number of hydrogen-bond donors (Lipinski definition) is 0. The molecule has 0 saturated carbocycles. The Kier molecular flexibility index (Phi) is 7.71. The number of aryl methyl sites for hydroxylation is 1. The third kappa shape index (κ3) is 5.96. The molecule has 0 fully saturated rings. The molecule has 240 valence electrons. The van der Waals surface area contributed by atoms with E-state index in [0.29, 0.717) is 0 Å². The Hall–Kier alpha value is -6.71. The first-order chi connectivity index (χ1) is 25.2. The zero-order valence-electron chi connectivity index (χ0n) is 28.2. The molecular weight excluding hydrogens is 619 g/mol. The maximum atomic E-state index is 5.16. The van der Waals surface area contributed by atoms with Crippen molar-refractivity contribution in [3.05, 3.63) is 188 Å². The number of nitrogens with zero attached hydrogens (tertiary/aromatic N) is 3. The number of benzene rings is 6. The highest BCUT2D eigenvalue weighted by Gasteiger charge is 2.15. The van der Waals surface area contributed by atoms with E-state index in [0.717, 1.165) is 67.4 Å². The SMILES string of the molecule is Cc1cccc(-c2ccc(-c3cc(-c4cc(-c5ccccc5)nc(-c5ccccc5)c4)cc(-c4cc5ccccc5c5ccccc45)c3)cn2)n1. The van der Waals surface area contributed by atoms with Gasteiger partial charge < -0.3 is 0 Å². The van der Waals surface area contributed by atoms with Crippen molar-refractivity contribution >= 4 is 21.5 Å². The molecule has 0 atom stereocenters. The summed E-state index contributed by atoms with van der Waals surface area (Å²) in [7, 11) is 0. The summed E-state index contributed by atoms with van der Waals surface area (Å²) < 4.78 is 0. The van der Waals surface area contributed by atoms with Crippen molar-refractivity contribution in [1.82, 2.24) is 15.0 Å². The van der Waals surface area contributed by atoms with Gasteiger partial charge in [0.25, 0.3) is 0 Å². The summed E-state index contributed by atoms with van der Waals surface area (Å²) >= 11 is 0. The molecule has 0 aliphatic heterocycles. The molecule has 3 aromatic heterocycles. The number of aromatic nitrogens is 3. The molecule has 0 bridgehead atoms. The molecule has 3 nitrogen and oxygen atoms in total. The summed E-state index contributed by atoms with van der Waals surface area (Å²) in [6.45, 7) is 2.01. The van der Waals surface area contributed by atoms with E-state index in [1.165, 1.54) is 27.1 Å². The van der Waals surface area contributed by atoms with E-state index >= 15 is 0 Å². The molecule has 3 heterocycles. The lowest BCUT2D eigenvalue weighted by molar-refractivity contribution is 1.18. The zero-order chi connectivity index (χ0) is 34.1. The van der Waals surface area contributed by atoms with Crippen LogP contribution >= 0.6 is 0 Å². The van der Waals surface area contributed by atoms with Crippen molar-refractivity contribution in [3.8, 4) is 67.3 Å². The molecule has 51 heavy (non-hydrogen) atoms. The van der Waals surface area contributed by atoms with E-state index in [4.69, 9.17) is 15.0 Å². The van der Waals surface area contributed by atoms with Crippen molar-refractivity contribution in [2.45, 2.75) is 6.92 Å². The van der Waals surface area contributed by atoms with Gasteiger partial charge in [0.05, 0.1) is 22.8 Å². The van der Waals surface area contributed by atoms with E-state index in [-0.39, 0.29) is 0 Å². The topological polar surface area (TPSA) is 38.7 Å². The minimum atomic E-state index is 0.855. The lowest BCUT2D eigenvalue weighted by Crippen LogP contribution is -1.93. The Bertz CT molecular complexity index is 2620. The quantitative estimate of drug-likeness (QED) is 0.168. The van der Waals surface area contributed by atoms with Gasteiger partial charge in [-0.25, -0.2) is 4.98 Å². The first-order valence-electron chi connectivity index (χ1n) is 17.3.